The molecule has 0 fully saturated rings. The quantitative estimate of drug-likeness (QED) is 0.633. The van der Waals surface area contributed by atoms with Gasteiger partial charge in [0.1, 0.15) is 0 Å². The Morgan fingerprint density at radius 3 is 2.52 bits per heavy atom. The van der Waals surface area contributed by atoms with Crippen LogP contribution in [0.2, 0.25) is 0 Å². The highest BCUT2D eigenvalue weighted by Crippen LogP contribution is 2.26. The molecule has 0 saturated carbocycles. The first-order valence-electron chi connectivity index (χ1n) is 6.27. The number of nitrogens with zero attached hydrogens (tertiary/aromatic N) is 1. The molecule has 1 atom stereocenters. The van der Waals surface area contributed by atoms with Crippen LogP contribution >= 0.6 is 0 Å². The summed E-state index contributed by atoms with van der Waals surface area (Å²) < 4.78 is 11.5. The van der Waals surface area contributed by atoms with Crippen molar-refractivity contribution < 1.29 is 19.0 Å². The molecule has 0 radical (unpaired) electrons. The van der Waals surface area contributed by atoms with Crippen molar-refractivity contribution in [2.45, 2.75) is 25.5 Å². The van der Waals surface area contributed by atoms with Crippen molar-refractivity contribution >= 4 is 22.4 Å². The maximum absolute atomic E-state index is 11.8. The van der Waals surface area contributed by atoms with Crippen LogP contribution in [0.15, 0.2) is 18.2 Å². The molecule has 1 rings (SSSR count). The summed E-state index contributed by atoms with van der Waals surface area (Å²) in [4.78, 5) is 21.6. The largest absolute Gasteiger partial charge is 0.502 e. The van der Waals surface area contributed by atoms with Gasteiger partial charge in [0.15, 0.2) is 5.75 Å². The lowest BCUT2D eigenvalue weighted by atomic mass is 10.2. The van der Waals surface area contributed by atoms with Gasteiger partial charge in [-0.25, -0.2) is 0 Å². The minimum atomic E-state index is -1.08. The van der Waals surface area contributed by atoms with E-state index in [0.717, 1.165) is 12.1 Å². The first-order chi connectivity index (χ1) is 9.62. The maximum atomic E-state index is 11.8. The van der Waals surface area contributed by atoms with Gasteiger partial charge in [0.05, 0.1) is 4.92 Å². The predicted octanol–water partition coefficient (Wildman–Crippen LogP) is 1.58. The van der Waals surface area contributed by atoms with Gasteiger partial charge in [0.2, 0.25) is 0 Å². The average Bonchev–Trinajstić information content (AvgIpc) is 2.36. The molecule has 1 amide bonds. The fraction of sp³-hybridized carbons (Fsp3) is 0.462. The summed E-state index contributed by atoms with van der Waals surface area (Å²) >= 11 is 0. The van der Waals surface area contributed by atoms with Gasteiger partial charge in [0.25, 0.3) is 5.91 Å². The maximum Gasteiger partial charge on any atom is 0.310 e. The summed E-state index contributed by atoms with van der Waals surface area (Å²) in [6.45, 7) is 5.76. The Kier molecular flexibility index (Phi) is 5.42. The lowest BCUT2D eigenvalue weighted by Gasteiger charge is -2.17. The van der Waals surface area contributed by atoms with Crippen LogP contribution < -0.4 is 5.32 Å². The second kappa shape index (κ2) is 6.66. The molecule has 1 aromatic carbocycles. The van der Waals surface area contributed by atoms with Crippen molar-refractivity contribution in [1.29, 1.82) is 0 Å². The van der Waals surface area contributed by atoms with Crippen molar-refractivity contribution in [1.82, 2.24) is 5.32 Å². The number of nitro groups is 1. The number of hydrogen-bond donors (Lipinski definition) is 2. The summed E-state index contributed by atoms with van der Waals surface area (Å²) in [5, 5.41) is 22.6. The van der Waals surface area contributed by atoms with E-state index < -0.39 is 33.1 Å². The molecule has 0 heterocycles. The van der Waals surface area contributed by atoms with E-state index in [4.69, 9.17) is 0 Å². The number of phenols is 1. The first-order valence-corrected chi connectivity index (χ1v) is 7.59. The molecular formula is C13H18N2O5S. The van der Waals surface area contributed by atoms with Crippen molar-refractivity contribution in [2.75, 3.05) is 12.3 Å². The molecular weight excluding hydrogens is 296 g/mol. The number of aromatic hydroxyl groups is 1. The van der Waals surface area contributed by atoms with E-state index in [1.807, 2.05) is 20.8 Å². The predicted molar refractivity (Wildman–Crippen MR) is 79.9 cm³/mol. The zero-order chi connectivity index (χ0) is 16.2. The van der Waals surface area contributed by atoms with Gasteiger partial charge in [-0.15, -0.1) is 0 Å². The minimum absolute atomic E-state index is 0.111. The van der Waals surface area contributed by atoms with Gasteiger partial charge in [-0.3, -0.25) is 19.1 Å². The molecule has 0 aliphatic carbocycles. The van der Waals surface area contributed by atoms with Gasteiger partial charge in [-0.05, 0) is 32.9 Å². The zero-order valence-corrected chi connectivity index (χ0v) is 12.9. The topological polar surface area (TPSA) is 110 Å². The summed E-state index contributed by atoms with van der Waals surface area (Å²) in [7, 11) is -1.08. The zero-order valence-electron chi connectivity index (χ0n) is 12.1. The summed E-state index contributed by atoms with van der Waals surface area (Å²) in [5.74, 6) is -0.731. The highest BCUT2D eigenvalue weighted by atomic mass is 32.2. The highest BCUT2D eigenvalue weighted by Gasteiger charge is 2.19. The molecule has 8 heteroatoms. The smallest absolute Gasteiger partial charge is 0.310 e. The Morgan fingerprint density at radius 1 is 1.43 bits per heavy atom. The Labute approximate surface area is 125 Å². The van der Waals surface area contributed by atoms with Crippen molar-refractivity contribution in [2.24, 2.45) is 0 Å². The van der Waals surface area contributed by atoms with E-state index in [0.29, 0.717) is 5.75 Å². The molecule has 1 aromatic rings. The van der Waals surface area contributed by atoms with E-state index in [1.54, 1.807) is 0 Å². The van der Waals surface area contributed by atoms with Crippen LogP contribution in [0.5, 0.6) is 5.75 Å². The Bertz CT molecular complexity index is 580. The van der Waals surface area contributed by atoms with E-state index in [1.165, 1.54) is 6.07 Å². The molecule has 0 unspecified atom stereocenters. The number of amides is 1. The molecule has 2 N–H and O–H groups in total. The Morgan fingerprint density at radius 2 is 2.05 bits per heavy atom. The Hall–Kier alpha value is -1.96. The highest BCUT2D eigenvalue weighted by molar-refractivity contribution is 7.86. The van der Waals surface area contributed by atoms with E-state index >= 15 is 0 Å². The van der Waals surface area contributed by atoms with Gasteiger partial charge in [-0.1, -0.05) is 0 Å². The Balaban J connectivity index is 2.63. The van der Waals surface area contributed by atoms with Gasteiger partial charge in [-0.2, -0.15) is 0 Å². The molecule has 0 aromatic heterocycles. The number of rotatable bonds is 5. The number of carbonyl (C=O) groups excluding carboxylic acids is 1. The SMILES string of the molecule is CC(C)(C)[S@@](=O)CCNC(=O)c1ccc([N+](=O)[O-])c(O)c1. The van der Waals surface area contributed by atoms with E-state index in [9.17, 15) is 24.2 Å². The van der Waals surface area contributed by atoms with Crippen LogP contribution in [0.4, 0.5) is 5.69 Å². The molecule has 0 aliphatic heterocycles. The van der Waals surface area contributed by atoms with Crippen molar-refractivity contribution in [3.63, 3.8) is 0 Å². The number of hydrogen-bond acceptors (Lipinski definition) is 5. The van der Waals surface area contributed by atoms with Crippen molar-refractivity contribution in [3.05, 3.63) is 33.9 Å². The number of nitro benzene ring substituents is 1. The molecule has 116 valence electrons. The van der Waals surface area contributed by atoms with Gasteiger partial charge >= 0.3 is 5.69 Å². The van der Waals surface area contributed by atoms with Crippen LogP contribution in [0.3, 0.4) is 0 Å². The van der Waals surface area contributed by atoms with Crippen molar-refractivity contribution in [3.8, 4) is 5.75 Å². The normalized spacial score (nSPS) is 12.7. The molecule has 0 aliphatic rings. The lowest BCUT2D eigenvalue weighted by molar-refractivity contribution is -0.385. The third-order valence-corrected chi connectivity index (χ3v) is 4.63. The van der Waals surface area contributed by atoms with Crippen LogP contribution in [0, 0.1) is 10.1 Å². The standard InChI is InChI=1S/C13H18N2O5S/c1-13(2,3)21(20)7-6-14-12(17)9-4-5-10(15(18)19)11(16)8-9/h4-5,8,16H,6-7H2,1-3H3,(H,14,17)/t21-/m0/s1. The fourth-order valence-corrected chi connectivity index (χ4v) is 2.38. The van der Waals surface area contributed by atoms with Crippen LogP contribution in [-0.4, -0.2) is 37.2 Å². The molecule has 0 spiro atoms. The lowest BCUT2D eigenvalue weighted by Crippen LogP contribution is -2.32. The second-order valence-corrected chi connectivity index (χ2v) is 7.70. The van der Waals surface area contributed by atoms with Crippen LogP contribution in [0.25, 0.3) is 0 Å². The number of carbonyl (C=O) groups is 1. The number of nitrogens with one attached hydrogen (secondary N) is 1. The molecule has 0 saturated heterocycles. The van der Waals surface area contributed by atoms with Gasteiger partial charge < -0.3 is 10.4 Å². The monoisotopic (exact) mass is 314 g/mol. The number of benzene rings is 1. The summed E-state index contributed by atoms with van der Waals surface area (Å²) in [6.07, 6.45) is 0. The molecule has 0 bridgehead atoms. The minimum Gasteiger partial charge on any atom is -0.502 e. The van der Waals surface area contributed by atoms with E-state index in [2.05, 4.69) is 5.32 Å². The summed E-state index contributed by atoms with van der Waals surface area (Å²) in [5.41, 5.74) is -0.347. The van der Waals surface area contributed by atoms with Gasteiger partial charge in [0, 0.05) is 39.5 Å². The third-order valence-electron chi connectivity index (χ3n) is 2.69. The first kappa shape index (κ1) is 17.1. The average molecular weight is 314 g/mol. The van der Waals surface area contributed by atoms with Crippen LogP contribution in [0.1, 0.15) is 31.1 Å². The number of phenolic OH excluding ortho intramolecular Hbond substituents is 1. The third kappa shape index (κ3) is 4.82. The molecule has 7 nitrogen and oxygen atoms in total. The molecule has 21 heavy (non-hydrogen) atoms. The second-order valence-electron chi connectivity index (χ2n) is 5.38. The summed E-state index contributed by atoms with van der Waals surface area (Å²) in [6, 6.07) is 3.36. The van der Waals surface area contributed by atoms with E-state index in [-0.39, 0.29) is 16.9 Å². The van der Waals surface area contributed by atoms with Crippen LogP contribution in [-0.2, 0) is 10.8 Å². The fourth-order valence-electron chi connectivity index (χ4n) is 1.48.